The number of carboxylic acid groups (broad SMARTS) is 1. The van der Waals surface area contributed by atoms with E-state index < -0.39 is 24.2 Å². The number of aliphatic hydroxyl groups excluding tert-OH is 1. The van der Waals surface area contributed by atoms with Crippen molar-refractivity contribution in [1.82, 2.24) is 9.80 Å². The molecule has 0 bridgehead atoms. The highest BCUT2D eigenvalue weighted by Gasteiger charge is 2.35. The SMILES string of the molecule is C[C@H]1C(=O)N(CC[C@@H](O)C(=O)O)CCN1C(=O)OCc1ccccc1. The first-order valence-corrected chi connectivity index (χ1v) is 8.07. The number of carbonyl (C=O) groups is 3. The molecule has 0 aromatic heterocycles. The molecule has 136 valence electrons. The standard InChI is InChI=1S/C17H22N2O6/c1-12-15(21)18(8-7-14(20)16(22)23)9-10-19(12)17(24)25-11-13-5-3-2-4-6-13/h2-6,12,14,20H,7-11H2,1H3,(H,22,23)/t12-,14+/m0/s1. The third-order valence-corrected chi connectivity index (χ3v) is 4.14. The lowest BCUT2D eigenvalue weighted by Gasteiger charge is -2.38. The van der Waals surface area contributed by atoms with Gasteiger partial charge in [0, 0.05) is 26.1 Å². The summed E-state index contributed by atoms with van der Waals surface area (Å²) in [6.45, 7) is 2.43. The minimum atomic E-state index is -1.50. The summed E-state index contributed by atoms with van der Waals surface area (Å²) in [7, 11) is 0. The fourth-order valence-electron chi connectivity index (χ4n) is 2.61. The number of hydrogen-bond donors (Lipinski definition) is 2. The van der Waals surface area contributed by atoms with Gasteiger partial charge in [-0.05, 0) is 12.5 Å². The molecule has 0 spiro atoms. The molecule has 1 fully saturated rings. The van der Waals surface area contributed by atoms with E-state index in [4.69, 9.17) is 9.84 Å². The summed E-state index contributed by atoms with van der Waals surface area (Å²) in [5.41, 5.74) is 0.858. The quantitative estimate of drug-likeness (QED) is 0.782. The highest BCUT2D eigenvalue weighted by Crippen LogP contribution is 2.14. The van der Waals surface area contributed by atoms with Crippen LogP contribution in [0.4, 0.5) is 4.79 Å². The van der Waals surface area contributed by atoms with Crippen LogP contribution >= 0.6 is 0 Å². The maximum atomic E-state index is 12.3. The van der Waals surface area contributed by atoms with Crippen molar-refractivity contribution in [3.05, 3.63) is 35.9 Å². The van der Waals surface area contributed by atoms with Crippen molar-refractivity contribution in [3.8, 4) is 0 Å². The first-order valence-electron chi connectivity index (χ1n) is 8.07. The zero-order valence-electron chi connectivity index (χ0n) is 14.0. The van der Waals surface area contributed by atoms with Gasteiger partial charge >= 0.3 is 12.1 Å². The highest BCUT2D eigenvalue weighted by atomic mass is 16.6. The Labute approximate surface area is 145 Å². The van der Waals surface area contributed by atoms with Gasteiger partial charge in [-0.15, -0.1) is 0 Å². The second-order valence-electron chi connectivity index (χ2n) is 5.88. The number of ether oxygens (including phenoxy) is 1. The molecule has 0 aliphatic carbocycles. The molecule has 0 saturated carbocycles. The Morgan fingerprint density at radius 3 is 2.60 bits per heavy atom. The van der Waals surface area contributed by atoms with Gasteiger partial charge in [0.1, 0.15) is 12.6 Å². The van der Waals surface area contributed by atoms with E-state index in [-0.39, 0.29) is 32.0 Å². The summed E-state index contributed by atoms with van der Waals surface area (Å²) < 4.78 is 5.25. The van der Waals surface area contributed by atoms with Crippen molar-refractivity contribution in [3.63, 3.8) is 0 Å². The van der Waals surface area contributed by atoms with Crippen LogP contribution in [0.3, 0.4) is 0 Å². The van der Waals surface area contributed by atoms with Gasteiger partial charge in [0.25, 0.3) is 0 Å². The fourth-order valence-corrected chi connectivity index (χ4v) is 2.61. The fraction of sp³-hybridized carbons (Fsp3) is 0.471. The molecule has 25 heavy (non-hydrogen) atoms. The molecule has 2 atom stereocenters. The predicted octanol–water partition coefficient (Wildman–Crippen LogP) is 0.692. The molecule has 1 aromatic rings. The molecule has 1 saturated heterocycles. The number of carbonyl (C=O) groups excluding carboxylic acids is 2. The van der Waals surface area contributed by atoms with Crippen LogP contribution in [0.15, 0.2) is 30.3 Å². The zero-order valence-corrected chi connectivity index (χ0v) is 14.0. The maximum absolute atomic E-state index is 12.3. The molecule has 0 unspecified atom stereocenters. The second kappa shape index (κ2) is 8.48. The lowest BCUT2D eigenvalue weighted by atomic mass is 10.1. The predicted molar refractivity (Wildman–Crippen MR) is 87.6 cm³/mol. The number of aliphatic hydroxyl groups is 1. The Balaban J connectivity index is 1.85. The molecule has 0 radical (unpaired) electrons. The molecular formula is C17H22N2O6. The molecule has 2 rings (SSSR count). The first kappa shape index (κ1) is 18.7. The third-order valence-electron chi connectivity index (χ3n) is 4.14. The minimum absolute atomic E-state index is 0.0494. The van der Waals surface area contributed by atoms with Crippen LogP contribution in [0.2, 0.25) is 0 Å². The van der Waals surface area contributed by atoms with Gasteiger partial charge in [0.15, 0.2) is 6.10 Å². The van der Waals surface area contributed by atoms with Crippen LogP contribution in [0.1, 0.15) is 18.9 Å². The normalized spacial score (nSPS) is 18.8. The largest absolute Gasteiger partial charge is 0.479 e. The van der Waals surface area contributed by atoms with E-state index in [9.17, 15) is 19.5 Å². The van der Waals surface area contributed by atoms with E-state index in [0.29, 0.717) is 6.54 Å². The third kappa shape index (κ3) is 4.93. The number of amides is 2. The Kier molecular flexibility index (Phi) is 6.35. The lowest BCUT2D eigenvalue weighted by molar-refractivity contribution is -0.148. The van der Waals surface area contributed by atoms with Gasteiger partial charge in [-0.1, -0.05) is 30.3 Å². The monoisotopic (exact) mass is 350 g/mol. The second-order valence-corrected chi connectivity index (χ2v) is 5.88. The number of benzene rings is 1. The van der Waals surface area contributed by atoms with Gasteiger partial charge in [0.2, 0.25) is 5.91 Å². The van der Waals surface area contributed by atoms with Crippen molar-refractivity contribution in [1.29, 1.82) is 0 Å². The molecule has 1 aliphatic heterocycles. The summed E-state index contributed by atoms with van der Waals surface area (Å²) >= 11 is 0. The highest BCUT2D eigenvalue weighted by molar-refractivity contribution is 5.86. The van der Waals surface area contributed by atoms with E-state index in [1.807, 2.05) is 30.3 Å². The Morgan fingerprint density at radius 1 is 1.28 bits per heavy atom. The van der Waals surface area contributed by atoms with E-state index in [1.54, 1.807) is 6.92 Å². The van der Waals surface area contributed by atoms with Crippen LogP contribution in [-0.4, -0.2) is 69.8 Å². The molecule has 8 nitrogen and oxygen atoms in total. The van der Waals surface area contributed by atoms with Gasteiger partial charge in [-0.25, -0.2) is 9.59 Å². The Bertz CT molecular complexity index is 621. The van der Waals surface area contributed by atoms with Crippen LogP contribution in [0, 0.1) is 0 Å². The van der Waals surface area contributed by atoms with E-state index >= 15 is 0 Å². The zero-order chi connectivity index (χ0) is 18.4. The van der Waals surface area contributed by atoms with Crippen LogP contribution in [0.5, 0.6) is 0 Å². The smallest absolute Gasteiger partial charge is 0.410 e. The molecule has 2 N–H and O–H groups in total. The summed E-state index contributed by atoms with van der Waals surface area (Å²) in [5, 5.41) is 18.0. The van der Waals surface area contributed by atoms with E-state index in [0.717, 1.165) is 5.56 Å². The van der Waals surface area contributed by atoms with Crippen molar-refractivity contribution >= 4 is 18.0 Å². The Hall–Kier alpha value is -2.61. The van der Waals surface area contributed by atoms with Crippen molar-refractivity contribution < 1.29 is 29.3 Å². The van der Waals surface area contributed by atoms with Gasteiger partial charge in [0.05, 0.1) is 0 Å². The van der Waals surface area contributed by atoms with E-state index in [1.165, 1.54) is 9.80 Å². The Morgan fingerprint density at radius 2 is 1.96 bits per heavy atom. The van der Waals surface area contributed by atoms with Gasteiger partial charge in [-0.3, -0.25) is 9.69 Å². The number of rotatable bonds is 6. The van der Waals surface area contributed by atoms with Crippen molar-refractivity contribution in [2.24, 2.45) is 0 Å². The van der Waals surface area contributed by atoms with E-state index in [2.05, 4.69) is 0 Å². The first-order chi connectivity index (χ1) is 11.9. The molecule has 2 amide bonds. The van der Waals surface area contributed by atoms with Gasteiger partial charge < -0.3 is 19.8 Å². The average Bonchev–Trinajstić information content (AvgIpc) is 2.61. The van der Waals surface area contributed by atoms with Crippen LogP contribution < -0.4 is 0 Å². The molecule has 1 aliphatic rings. The maximum Gasteiger partial charge on any atom is 0.410 e. The minimum Gasteiger partial charge on any atom is -0.479 e. The molecule has 8 heteroatoms. The number of nitrogens with zero attached hydrogens (tertiary/aromatic N) is 2. The molecular weight excluding hydrogens is 328 g/mol. The molecule has 1 aromatic carbocycles. The summed E-state index contributed by atoms with van der Waals surface area (Å²) in [4.78, 5) is 38.0. The summed E-state index contributed by atoms with van der Waals surface area (Å²) in [6, 6.07) is 8.55. The number of piperazine rings is 1. The summed E-state index contributed by atoms with van der Waals surface area (Å²) in [6.07, 6.45) is -2.11. The average molecular weight is 350 g/mol. The van der Waals surface area contributed by atoms with Gasteiger partial charge in [-0.2, -0.15) is 0 Å². The van der Waals surface area contributed by atoms with Crippen molar-refractivity contribution in [2.45, 2.75) is 32.1 Å². The van der Waals surface area contributed by atoms with Crippen LogP contribution in [-0.2, 0) is 20.9 Å². The van der Waals surface area contributed by atoms with Crippen molar-refractivity contribution in [2.75, 3.05) is 19.6 Å². The topological polar surface area (TPSA) is 107 Å². The lowest BCUT2D eigenvalue weighted by Crippen LogP contribution is -2.58. The number of aliphatic carboxylic acids is 1. The number of hydrogen-bond acceptors (Lipinski definition) is 5. The number of carboxylic acids is 1. The van der Waals surface area contributed by atoms with Crippen LogP contribution in [0.25, 0.3) is 0 Å². The molecule has 1 heterocycles. The summed E-state index contributed by atoms with van der Waals surface area (Å²) in [5.74, 6) is -1.61.